The third kappa shape index (κ3) is 5.14. The smallest absolute Gasteiger partial charge is 0.242 e. The van der Waals surface area contributed by atoms with Gasteiger partial charge in [0.05, 0.1) is 10.9 Å². The maximum Gasteiger partial charge on any atom is 0.242 e. The predicted octanol–water partition coefficient (Wildman–Crippen LogP) is 2.26. The molecule has 2 amide bonds. The predicted molar refractivity (Wildman–Crippen MR) is 100 cm³/mol. The lowest BCUT2D eigenvalue weighted by atomic mass is 10.2. The normalized spacial score (nSPS) is 12.3. The van der Waals surface area contributed by atoms with Crippen LogP contribution in [0.15, 0.2) is 53.4 Å². The lowest BCUT2D eigenvalue weighted by molar-refractivity contribution is -0.117. The van der Waals surface area contributed by atoms with Gasteiger partial charge in [-0.05, 0) is 49.7 Å². The minimum absolute atomic E-state index is 0.00198. The Labute approximate surface area is 152 Å². The van der Waals surface area contributed by atoms with Crippen molar-refractivity contribution >= 4 is 33.2 Å². The van der Waals surface area contributed by atoms with Crippen LogP contribution < -0.4 is 15.4 Å². The van der Waals surface area contributed by atoms with Gasteiger partial charge in [-0.1, -0.05) is 18.2 Å². The molecule has 0 heterocycles. The molecule has 0 saturated carbocycles. The van der Waals surface area contributed by atoms with Gasteiger partial charge in [0.2, 0.25) is 21.8 Å². The zero-order valence-corrected chi connectivity index (χ0v) is 15.6. The molecule has 0 radical (unpaired) electrons. The fourth-order valence-electron chi connectivity index (χ4n) is 2.23. The molecule has 2 rings (SSSR count). The Balaban J connectivity index is 2.06. The molecule has 0 bridgehead atoms. The van der Waals surface area contributed by atoms with Gasteiger partial charge in [-0.2, -0.15) is 4.72 Å². The summed E-state index contributed by atoms with van der Waals surface area (Å²) in [4.78, 5) is 23.3. The van der Waals surface area contributed by atoms with Crippen LogP contribution in [0.25, 0.3) is 0 Å². The molecule has 2 aromatic carbocycles. The van der Waals surface area contributed by atoms with Crippen LogP contribution in [-0.4, -0.2) is 26.3 Å². The average Bonchev–Trinajstić information content (AvgIpc) is 2.56. The van der Waals surface area contributed by atoms with Gasteiger partial charge >= 0.3 is 0 Å². The first-order valence-corrected chi connectivity index (χ1v) is 9.44. The molecule has 0 spiro atoms. The fourth-order valence-corrected chi connectivity index (χ4v) is 3.43. The van der Waals surface area contributed by atoms with E-state index in [-0.39, 0.29) is 10.8 Å². The van der Waals surface area contributed by atoms with Crippen molar-refractivity contribution in [1.82, 2.24) is 4.72 Å². The van der Waals surface area contributed by atoms with Crippen LogP contribution in [0, 0.1) is 6.92 Å². The number of carbonyl (C=O) groups is 2. The first-order valence-electron chi connectivity index (χ1n) is 7.95. The largest absolute Gasteiger partial charge is 0.326 e. The molecule has 0 aliphatic heterocycles. The zero-order chi connectivity index (χ0) is 19.3. The van der Waals surface area contributed by atoms with Crippen molar-refractivity contribution in [2.45, 2.75) is 31.7 Å². The molecule has 0 fully saturated rings. The summed E-state index contributed by atoms with van der Waals surface area (Å²) in [5.74, 6) is -0.710. The lowest BCUT2D eigenvalue weighted by Gasteiger charge is -2.15. The van der Waals surface area contributed by atoms with E-state index >= 15 is 0 Å². The maximum absolute atomic E-state index is 12.4. The number of hydrogen-bond acceptors (Lipinski definition) is 4. The quantitative estimate of drug-likeness (QED) is 0.720. The van der Waals surface area contributed by atoms with Gasteiger partial charge in [0.25, 0.3) is 0 Å². The molecule has 138 valence electrons. The van der Waals surface area contributed by atoms with Crippen LogP contribution in [0.5, 0.6) is 0 Å². The Bertz CT molecular complexity index is 908. The number of carbonyl (C=O) groups excluding carboxylic acids is 2. The Morgan fingerprint density at radius 2 is 1.58 bits per heavy atom. The second kappa shape index (κ2) is 8.11. The van der Waals surface area contributed by atoms with Gasteiger partial charge < -0.3 is 10.6 Å². The Kier molecular flexibility index (Phi) is 6.12. The van der Waals surface area contributed by atoms with E-state index in [2.05, 4.69) is 15.4 Å². The number of sulfonamides is 1. The summed E-state index contributed by atoms with van der Waals surface area (Å²) in [6.07, 6.45) is 0. The van der Waals surface area contributed by atoms with E-state index < -0.39 is 22.0 Å². The molecule has 3 N–H and O–H groups in total. The SMILES string of the molecule is CC(=O)Nc1ccc(S(=O)(=O)N[C@@H](C)C(=O)Nc2ccccc2C)cc1. The van der Waals surface area contributed by atoms with Gasteiger partial charge in [0.1, 0.15) is 0 Å². The lowest BCUT2D eigenvalue weighted by Crippen LogP contribution is -2.41. The highest BCUT2D eigenvalue weighted by molar-refractivity contribution is 7.89. The minimum atomic E-state index is -3.88. The monoisotopic (exact) mass is 375 g/mol. The van der Waals surface area contributed by atoms with Crippen molar-refractivity contribution in [3.8, 4) is 0 Å². The molecule has 26 heavy (non-hydrogen) atoms. The number of aryl methyl sites for hydroxylation is 1. The van der Waals surface area contributed by atoms with E-state index in [1.807, 2.05) is 19.1 Å². The highest BCUT2D eigenvalue weighted by atomic mass is 32.2. The van der Waals surface area contributed by atoms with Crippen LogP contribution in [-0.2, 0) is 19.6 Å². The zero-order valence-electron chi connectivity index (χ0n) is 14.7. The third-order valence-electron chi connectivity index (χ3n) is 3.61. The number of para-hydroxylation sites is 1. The van der Waals surface area contributed by atoms with Gasteiger partial charge in [-0.25, -0.2) is 8.42 Å². The summed E-state index contributed by atoms with van der Waals surface area (Å²) in [6, 6.07) is 11.9. The topological polar surface area (TPSA) is 104 Å². The van der Waals surface area contributed by atoms with Crippen LogP contribution in [0.4, 0.5) is 11.4 Å². The van der Waals surface area contributed by atoms with Crippen molar-refractivity contribution in [1.29, 1.82) is 0 Å². The number of amides is 2. The molecular weight excluding hydrogens is 354 g/mol. The van der Waals surface area contributed by atoms with Gasteiger partial charge in [0.15, 0.2) is 0 Å². The summed E-state index contributed by atoms with van der Waals surface area (Å²) in [5.41, 5.74) is 1.99. The molecule has 0 aliphatic rings. The molecule has 1 atom stereocenters. The van der Waals surface area contributed by atoms with Crippen molar-refractivity contribution in [3.05, 3.63) is 54.1 Å². The molecule has 2 aromatic rings. The highest BCUT2D eigenvalue weighted by Gasteiger charge is 2.22. The third-order valence-corrected chi connectivity index (χ3v) is 5.17. The minimum Gasteiger partial charge on any atom is -0.326 e. The summed E-state index contributed by atoms with van der Waals surface area (Å²) < 4.78 is 27.2. The van der Waals surface area contributed by atoms with Gasteiger partial charge in [-0.15, -0.1) is 0 Å². The maximum atomic E-state index is 12.4. The first-order chi connectivity index (χ1) is 12.2. The van der Waals surface area contributed by atoms with Crippen molar-refractivity contribution in [2.24, 2.45) is 0 Å². The van der Waals surface area contributed by atoms with E-state index in [1.165, 1.54) is 38.1 Å². The molecule has 8 heteroatoms. The van der Waals surface area contributed by atoms with E-state index in [9.17, 15) is 18.0 Å². The van der Waals surface area contributed by atoms with Crippen LogP contribution in [0.3, 0.4) is 0 Å². The number of rotatable bonds is 6. The Hall–Kier alpha value is -2.71. The van der Waals surface area contributed by atoms with E-state index in [4.69, 9.17) is 0 Å². The highest BCUT2D eigenvalue weighted by Crippen LogP contribution is 2.16. The average molecular weight is 375 g/mol. The molecule has 0 unspecified atom stereocenters. The van der Waals surface area contributed by atoms with Crippen molar-refractivity contribution in [3.63, 3.8) is 0 Å². The van der Waals surface area contributed by atoms with Crippen LogP contribution >= 0.6 is 0 Å². The van der Waals surface area contributed by atoms with Crippen LogP contribution in [0.1, 0.15) is 19.4 Å². The van der Waals surface area contributed by atoms with E-state index in [0.29, 0.717) is 11.4 Å². The number of nitrogens with one attached hydrogen (secondary N) is 3. The molecule has 0 saturated heterocycles. The Morgan fingerprint density at radius 1 is 0.962 bits per heavy atom. The van der Waals surface area contributed by atoms with Crippen LogP contribution in [0.2, 0.25) is 0 Å². The summed E-state index contributed by atoms with van der Waals surface area (Å²) in [5, 5.41) is 5.26. The summed E-state index contributed by atoms with van der Waals surface area (Å²) >= 11 is 0. The van der Waals surface area contributed by atoms with Gasteiger partial charge in [0, 0.05) is 18.3 Å². The van der Waals surface area contributed by atoms with Crippen molar-refractivity contribution in [2.75, 3.05) is 10.6 Å². The fraction of sp³-hybridized carbons (Fsp3) is 0.222. The second-order valence-corrected chi connectivity index (χ2v) is 7.57. The molecule has 7 nitrogen and oxygen atoms in total. The van der Waals surface area contributed by atoms with E-state index in [1.54, 1.807) is 12.1 Å². The standard InChI is InChI=1S/C18H21N3O4S/c1-12-6-4-5-7-17(12)20-18(23)13(2)21-26(24,25)16-10-8-15(9-11-16)19-14(3)22/h4-11,13,21H,1-3H3,(H,19,22)(H,20,23)/t13-/m0/s1. The number of anilines is 2. The molecule has 0 aliphatic carbocycles. The first kappa shape index (κ1) is 19.6. The van der Waals surface area contributed by atoms with Crippen molar-refractivity contribution < 1.29 is 18.0 Å². The van der Waals surface area contributed by atoms with Gasteiger partial charge in [-0.3, -0.25) is 9.59 Å². The summed E-state index contributed by atoms with van der Waals surface area (Å²) in [6.45, 7) is 4.68. The summed E-state index contributed by atoms with van der Waals surface area (Å²) in [7, 11) is -3.88. The second-order valence-electron chi connectivity index (χ2n) is 5.85. The number of hydrogen-bond donors (Lipinski definition) is 3. The molecule has 0 aromatic heterocycles. The molecular formula is C18H21N3O4S. The van der Waals surface area contributed by atoms with E-state index in [0.717, 1.165) is 5.56 Å². The number of benzene rings is 2. The Morgan fingerprint density at radius 3 is 2.15 bits per heavy atom.